The molecule has 0 aliphatic carbocycles. The van der Waals surface area contributed by atoms with Crippen LogP contribution in [0, 0.1) is 0 Å². The number of nitrogens with one attached hydrogen (secondary N) is 1. The summed E-state index contributed by atoms with van der Waals surface area (Å²) in [7, 11) is 0. The predicted molar refractivity (Wildman–Crippen MR) is 86.4 cm³/mol. The van der Waals surface area contributed by atoms with Crippen molar-refractivity contribution in [1.29, 1.82) is 0 Å². The summed E-state index contributed by atoms with van der Waals surface area (Å²) in [6.45, 7) is 1.52. The zero-order chi connectivity index (χ0) is 15.6. The summed E-state index contributed by atoms with van der Waals surface area (Å²) in [6.07, 6.45) is 7.15. The molecule has 0 saturated heterocycles. The fourth-order valence-corrected chi connectivity index (χ4v) is 3.62. The van der Waals surface area contributed by atoms with E-state index in [1.807, 2.05) is 30.6 Å². The number of hydrogen-bond donors (Lipinski definition) is 1. The molecule has 0 bridgehead atoms. The highest BCUT2D eigenvalue weighted by molar-refractivity contribution is 5.77. The third-order valence-corrected chi connectivity index (χ3v) is 4.81. The van der Waals surface area contributed by atoms with Crippen molar-refractivity contribution in [2.45, 2.75) is 44.2 Å². The lowest BCUT2D eigenvalue weighted by molar-refractivity contribution is -0.122. The van der Waals surface area contributed by atoms with E-state index in [1.165, 1.54) is 0 Å². The van der Waals surface area contributed by atoms with E-state index in [1.54, 1.807) is 0 Å². The van der Waals surface area contributed by atoms with Crippen LogP contribution in [-0.2, 0) is 17.8 Å². The number of ether oxygens (including phenoxy) is 1. The van der Waals surface area contributed by atoms with Gasteiger partial charge in [0.25, 0.3) is 0 Å². The van der Waals surface area contributed by atoms with Crippen molar-refractivity contribution in [3.05, 3.63) is 48.0 Å². The van der Waals surface area contributed by atoms with Crippen molar-refractivity contribution in [2.24, 2.45) is 0 Å². The average Bonchev–Trinajstić information content (AvgIpc) is 3.03. The van der Waals surface area contributed by atoms with Crippen LogP contribution < -0.4 is 10.1 Å². The van der Waals surface area contributed by atoms with Gasteiger partial charge < -0.3 is 14.6 Å². The highest BCUT2D eigenvalue weighted by Crippen LogP contribution is 2.35. The molecule has 4 rings (SSSR count). The van der Waals surface area contributed by atoms with E-state index in [4.69, 9.17) is 4.74 Å². The van der Waals surface area contributed by atoms with E-state index in [-0.39, 0.29) is 17.9 Å². The molecule has 2 aliphatic heterocycles. The van der Waals surface area contributed by atoms with Gasteiger partial charge in [0.2, 0.25) is 5.91 Å². The first kappa shape index (κ1) is 14.3. The Kier molecular flexibility index (Phi) is 3.77. The van der Waals surface area contributed by atoms with Crippen LogP contribution in [0.1, 0.15) is 36.6 Å². The van der Waals surface area contributed by atoms with E-state index >= 15 is 0 Å². The number of amides is 1. The molecule has 0 fully saturated rings. The van der Waals surface area contributed by atoms with Crippen molar-refractivity contribution >= 4 is 5.91 Å². The maximum absolute atomic E-state index is 12.5. The maximum Gasteiger partial charge on any atom is 0.220 e. The van der Waals surface area contributed by atoms with Crippen LogP contribution in [0.3, 0.4) is 0 Å². The molecular weight excluding hydrogens is 290 g/mol. The van der Waals surface area contributed by atoms with Gasteiger partial charge in [-0.2, -0.15) is 0 Å². The van der Waals surface area contributed by atoms with E-state index in [2.05, 4.69) is 20.9 Å². The largest absolute Gasteiger partial charge is 0.493 e. The van der Waals surface area contributed by atoms with Crippen molar-refractivity contribution in [3.63, 3.8) is 0 Å². The van der Waals surface area contributed by atoms with Gasteiger partial charge in [-0.3, -0.25) is 4.79 Å². The average molecular weight is 311 g/mol. The third kappa shape index (κ3) is 2.96. The summed E-state index contributed by atoms with van der Waals surface area (Å²) in [5.74, 6) is 2.44. The van der Waals surface area contributed by atoms with Gasteiger partial charge in [0.05, 0.1) is 6.61 Å². The highest BCUT2D eigenvalue weighted by Gasteiger charge is 2.25. The fraction of sp³-hybridized carbons (Fsp3) is 0.444. The standard InChI is InChI=1S/C18H21N3O2/c22-18(20-14-5-6-17-19-8-9-21(17)12-14)11-13-7-10-23-16-4-2-1-3-15(13)16/h1-4,8-9,13-14H,5-7,10-12H2,(H,20,22)/t13-,14-/m1/s1. The quantitative estimate of drug-likeness (QED) is 0.946. The SMILES string of the molecule is O=C(C[C@H]1CCOc2ccccc21)N[C@@H]1CCc2nccn2C1. The van der Waals surface area contributed by atoms with Gasteiger partial charge in [-0.1, -0.05) is 18.2 Å². The maximum atomic E-state index is 12.5. The molecule has 0 saturated carbocycles. The second kappa shape index (κ2) is 6.07. The van der Waals surface area contributed by atoms with Gasteiger partial charge in [0.15, 0.2) is 0 Å². The molecule has 0 spiro atoms. The molecule has 1 aromatic carbocycles. The number of rotatable bonds is 3. The second-order valence-electron chi connectivity index (χ2n) is 6.37. The summed E-state index contributed by atoms with van der Waals surface area (Å²) < 4.78 is 7.81. The Morgan fingerprint density at radius 2 is 2.26 bits per heavy atom. The number of imidazole rings is 1. The minimum Gasteiger partial charge on any atom is -0.493 e. The molecule has 5 heteroatoms. The molecule has 1 aromatic heterocycles. The van der Waals surface area contributed by atoms with Crippen molar-refractivity contribution in [1.82, 2.24) is 14.9 Å². The Morgan fingerprint density at radius 3 is 3.22 bits per heavy atom. The molecule has 5 nitrogen and oxygen atoms in total. The number of aromatic nitrogens is 2. The lowest BCUT2D eigenvalue weighted by Crippen LogP contribution is -2.41. The van der Waals surface area contributed by atoms with E-state index in [0.29, 0.717) is 13.0 Å². The summed E-state index contributed by atoms with van der Waals surface area (Å²) in [4.78, 5) is 16.8. The molecule has 0 unspecified atom stereocenters. The lowest BCUT2D eigenvalue weighted by atomic mass is 9.90. The van der Waals surface area contributed by atoms with Gasteiger partial charge in [-0.05, 0) is 30.4 Å². The normalized spacial score (nSPS) is 22.6. The van der Waals surface area contributed by atoms with Gasteiger partial charge in [-0.15, -0.1) is 0 Å². The van der Waals surface area contributed by atoms with Crippen LogP contribution in [0.15, 0.2) is 36.7 Å². The summed E-state index contributed by atoms with van der Waals surface area (Å²) in [5, 5.41) is 3.20. The molecule has 3 heterocycles. The van der Waals surface area contributed by atoms with Crippen LogP contribution in [0.5, 0.6) is 5.75 Å². The molecular formula is C18H21N3O2. The molecule has 1 N–H and O–H groups in total. The van der Waals surface area contributed by atoms with Gasteiger partial charge in [0, 0.05) is 37.8 Å². The monoisotopic (exact) mass is 311 g/mol. The number of nitrogens with zero attached hydrogens (tertiary/aromatic N) is 2. The minimum absolute atomic E-state index is 0.139. The molecule has 2 aliphatic rings. The molecule has 2 aromatic rings. The predicted octanol–water partition coefficient (Wildman–Crippen LogP) is 2.27. The third-order valence-electron chi connectivity index (χ3n) is 4.81. The van der Waals surface area contributed by atoms with Crippen molar-refractivity contribution in [2.75, 3.05) is 6.61 Å². The molecule has 120 valence electrons. The number of carbonyl (C=O) groups excluding carboxylic acids is 1. The Hall–Kier alpha value is -2.30. The number of fused-ring (bicyclic) bond motifs is 2. The minimum atomic E-state index is 0.139. The number of carbonyl (C=O) groups is 1. The summed E-state index contributed by atoms with van der Waals surface area (Å²) in [5.41, 5.74) is 1.16. The first-order valence-corrected chi connectivity index (χ1v) is 8.30. The Labute approximate surface area is 135 Å². The first-order valence-electron chi connectivity index (χ1n) is 8.30. The molecule has 1 amide bonds. The summed E-state index contributed by atoms with van der Waals surface area (Å²) in [6, 6.07) is 8.26. The smallest absolute Gasteiger partial charge is 0.220 e. The molecule has 0 radical (unpaired) electrons. The first-order chi connectivity index (χ1) is 11.3. The fourth-order valence-electron chi connectivity index (χ4n) is 3.62. The Balaban J connectivity index is 1.38. The molecule has 2 atom stereocenters. The van der Waals surface area contributed by atoms with Crippen LogP contribution in [-0.4, -0.2) is 28.1 Å². The zero-order valence-corrected chi connectivity index (χ0v) is 13.1. The van der Waals surface area contributed by atoms with Crippen LogP contribution in [0.25, 0.3) is 0 Å². The van der Waals surface area contributed by atoms with Gasteiger partial charge >= 0.3 is 0 Å². The number of hydrogen-bond acceptors (Lipinski definition) is 3. The van der Waals surface area contributed by atoms with Crippen molar-refractivity contribution in [3.8, 4) is 5.75 Å². The van der Waals surface area contributed by atoms with Gasteiger partial charge in [-0.25, -0.2) is 4.98 Å². The second-order valence-corrected chi connectivity index (χ2v) is 6.37. The van der Waals surface area contributed by atoms with Crippen molar-refractivity contribution < 1.29 is 9.53 Å². The van der Waals surface area contributed by atoms with Crippen LogP contribution in [0.4, 0.5) is 0 Å². The van der Waals surface area contributed by atoms with Gasteiger partial charge in [0.1, 0.15) is 11.6 Å². The molecule has 23 heavy (non-hydrogen) atoms. The van der Waals surface area contributed by atoms with E-state index in [9.17, 15) is 4.79 Å². The zero-order valence-electron chi connectivity index (χ0n) is 13.1. The Bertz CT molecular complexity index is 710. The topological polar surface area (TPSA) is 56.1 Å². The lowest BCUT2D eigenvalue weighted by Gasteiger charge is -2.28. The number of benzene rings is 1. The van der Waals surface area contributed by atoms with Crippen LogP contribution >= 0.6 is 0 Å². The summed E-state index contributed by atoms with van der Waals surface area (Å²) >= 11 is 0. The number of para-hydroxylation sites is 1. The number of aryl methyl sites for hydroxylation is 1. The van der Waals surface area contributed by atoms with E-state index < -0.39 is 0 Å². The van der Waals surface area contributed by atoms with E-state index in [0.717, 1.165) is 42.9 Å². The Morgan fingerprint density at radius 1 is 1.35 bits per heavy atom. The van der Waals surface area contributed by atoms with Crippen LogP contribution in [0.2, 0.25) is 0 Å². The highest BCUT2D eigenvalue weighted by atomic mass is 16.5.